The molecule has 0 radical (unpaired) electrons. The summed E-state index contributed by atoms with van der Waals surface area (Å²) < 4.78 is 1.53. The number of halogens is 3. The number of nitrogens with one attached hydrogen (secondary N) is 1. The highest BCUT2D eigenvalue weighted by molar-refractivity contribution is 8.03. The molecule has 0 atom stereocenters. The summed E-state index contributed by atoms with van der Waals surface area (Å²) >= 11 is 22.5. The van der Waals surface area contributed by atoms with Gasteiger partial charge in [0, 0.05) is 16.3 Å². The van der Waals surface area contributed by atoms with Crippen LogP contribution in [-0.2, 0) is 10.5 Å². The van der Waals surface area contributed by atoms with Crippen LogP contribution in [0, 0.1) is 0 Å². The summed E-state index contributed by atoms with van der Waals surface area (Å²) in [5, 5.41) is 13.8. The first-order valence-corrected chi connectivity index (χ1v) is 12.0. The third kappa shape index (κ3) is 6.87. The number of carbonyl (C=O) groups is 1. The van der Waals surface area contributed by atoms with Crippen molar-refractivity contribution in [3.05, 3.63) is 68.7 Å². The SMILES string of the molecule is O=C(CSc1nnc(SCc2ccccc2Cl)s1)N/N=C/c1c(Cl)cccc1Cl. The molecule has 29 heavy (non-hydrogen) atoms. The second kappa shape index (κ2) is 11.2. The molecule has 0 saturated carbocycles. The van der Waals surface area contributed by atoms with E-state index in [4.69, 9.17) is 34.8 Å². The second-order valence-corrected chi connectivity index (χ2v) is 10.1. The molecule has 1 N–H and O–H groups in total. The average Bonchev–Trinajstić information content (AvgIpc) is 3.16. The zero-order chi connectivity index (χ0) is 20.6. The molecular formula is C18H13Cl3N4OS3. The van der Waals surface area contributed by atoms with Crippen molar-refractivity contribution >= 4 is 81.8 Å². The van der Waals surface area contributed by atoms with Crippen LogP contribution in [0.1, 0.15) is 11.1 Å². The van der Waals surface area contributed by atoms with E-state index in [1.54, 1.807) is 30.0 Å². The number of hydrazone groups is 1. The zero-order valence-electron chi connectivity index (χ0n) is 14.6. The van der Waals surface area contributed by atoms with Crippen LogP contribution in [0.25, 0.3) is 0 Å². The van der Waals surface area contributed by atoms with Crippen LogP contribution in [0.3, 0.4) is 0 Å². The molecule has 0 aliphatic carbocycles. The molecule has 1 aromatic heterocycles. The number of aromatic nitrogens is 2. The molecule has 5 nitrogen and oxygen atoms in total. The lowest BCUT2D eigenvalue weighted by Gasteiger charge is -2.01. The van der Waals surface area contributed by atoms with Crippen molar-refractivity contribution in [1.82, 2.24) is 15.6 Å². The maximum atomic E-state index is 12.0. The lowest BCUT2D eigenvalue weighted by Crippen LogP contribution is -2.19. The Morgan fingerprint density at radius 1 is 1.00 bits per heavy atom. The van der Waals surface area contributed by atoms with E-state index in [0.29, 0.717) is 25.7 Å². The van der Waals surface area contributed by atoms with Gasteiger partial charge >= 0.3 is 0 Å². The van der Waals surface area contributed by atoms with Crippen LogP contribution in [0.5, 0.6) is 0 Å². The van der Waals surface area contributed by atoms with Crippen LogP contribution in [0.15, 0.2) is 56.2 Å². The van der Waals surface area contributed by atoms with E-state index in [2.05, 4.69) is 20.7 Å². The van der Waals surface area contributed by atoms with Gasteiger partial charge in [-0.3, -0.25) is 4.79 Å². The van der Waals surface area contributed by atoms with E-state index in [1.165, 1.54) is 29.3 Å². The van der Waals surface area contributed by atoms with Crippen LogP contribution in [0.2, 0.25) is 15.1 Å². The van der Waals surface area contributed by atoms with Gasteiger partial charge in [0.1, 0.15) is 0 Å². The molecular weight excluding hydrogens is 491 g/mol. The smallest absolute Gasteiger partial charge is 0.250 e. The van der Waals surface area contributed by atoms with Crippen LogP contribution < -0.4 is 5.43 Å². The molecule has 0 spiro atoms. The maximum absolute atomic E-state index is 12.0. The van der Waals surface area contributed by atoms with Crippen molar-refractivity contribution in [2.24, 2.45) is 5.10 Å². The average molecular weight is 504 g/mol. The monoisotopic (exact) mass is 502 g/mol. The standard InChI is InChI=1S/C18H13Cl3N4OS3/c19-13-5-2-1-4-11(13)9-27-17-24-25-18(29-17)28-10-16(26)23-22-8-12-14(20)6-3-7-15(12)21/h1-8H,9-10H2,(H,23,26)/b22-8+. The summed E-state index contributed by atoms with van der Waals surface area (Å²) in [5.74, 6) is 0.603. The quantitative estimate of drug-likeness (QED) is 0.231. The fourth-order valence-corrected chi connectivity index (χ4v) is 5.62. The molecule has 11 heteroatoms. The Morgan fingerprint density at radius 2 is 1.66 bits per heavy atom. The summed E-state index contributed by atoms with van der Waals surface area (Å²) in [6.45, 7) is 0. The number of carbonyl (C=O) groups excluding carboxylic acids is 1. The summed E-state index contributed by atoms with van der Waals surface area (Å²) in [5.41, 5.74) is 4.03. The van der Waals surface area contributed by atoms with Gasteiger partial charge in [-0.05, 0) is 23.8 Å². The van der Waals surface area contributed by atoms with E-state index < -0.39 is 0 Å². The first kappa shape index (κ1) is 22.4. The molecule has 3 aromatic rings. The fourth-order valence-electron chi connectivity index (χ4n) is 2.03. The normalized spacial score (nSPS) is 11.1. The Labute approximate surface area is 195 Å². The van der Waals surface area contributed by atoms with Crippen molar-refractivity contribution in [2.45, 2.75) is 14.4 Å². The molecule has 1 heterocycles. The molecule has 0 bridgehead atoms. The number of amides is 1. The van der Waals surface area contributed by atoms with Gasteiger partial charge in [-0.25, -0.2) is 5.43 Å². The van der Waals surface area contributed by atoms with E-state index in [1.807, 2.05) is 24.3 Å². The Morgan fingerprint density at radius 3 is 2.38 bits per heavy atom. The Balaban J connectivity index is 1.45. The van der Waals surface area contributed by atoms with E-state index in [9.17, 15) is 4.79 Å². The zero-order valence-corrected chi connectivity index (χ0v) is 19.4. The molecule has 150 valence electrons. The molecule has 0 aliphatic heterocycles. The van der Waals surface area contributed by atoms with Gasteiger partial charge in [-0.2, -0.15) is 5.10 Å². The van der Waals surface area contributed by atoms with Crippen molar-refractivity contribution in [3.8, 4) is 0 Å². The first-order valence-electron chi connectivity index (χ1n) is 8.11. The van der Waals surface area contributed by atoms with E-state index in [0.717, 1.165) is 14.9 Å². The highest BCUT2D eigenvalue weighted by Gasteiger charge is 2.10. The minimum atomic E-state index is -0.269. The summed E-state index contributed by atoms with van der Waals surface area (Å²) in [7, 11) is 0. The Hall–Kier alpha value is -1.29. The van der Waals surface area contributed by atoms with Gasteiger partial charge in [0.05, 0.1) is 22.0 Å². The molecule has 0 saturated heterocycles. The lowest BCUT2D eigenvalue weighted by molar-refractivity contribution is -0.118. The minimum absolute atomic E-state index is 0.164. The number of hydrogen-bond acceptors (Lipinski definition) is 7. The summed E-state index contributed by atoms with van der Waals surface area (Å²) in [6, 6.07) is 12.8. The van der Waals surface area contributed by atoms with Gasteiger partial charge in [-0.1, -0.05) is 93.9 Å². The van der Waals surface area contributed by atoms with Crippen LogP contribution in [0.4, 0.5) is 0 Å². The van der Waals surface area contributed by atoms with Gasteiger partial charge in [0.15, 0.2) is 8.68 Å². The molecule has 2 aromatic carbocycles. The fraction of sp³-hybridized carbons (Fsp3) is 0.111. The van der Waals surface area contributed by atoms with Crippen LogP contribution in [-0.4, -0.2) is 28.1 Å². The lowest BCUT2D eigenvalue weighted by atomic mass is 10.2. The summed E-state index contributed by atoms with van der Waals surface area (Å²) in [4.78, 5) is 12.0. The maximum Gasteiger partial charge on any atom is 0.250 e. The van der Waals surface area contributed by atoms with Crippen molar-refractivity contribution in [1.29, 1.82) is 0 Å². The summed E-state index contributed by atoms with van der Waals surface area (Å²) in [6.07, 6.45) is 1.42. The topological polar surface area (TPSA) is 67.2 Å². The number of rotatable bonds is 8. The third-order valence-electron chi connectivity index (χ3n) is 3.41. The molecule has 1 amide bonds. The van der Waals surface area contributed by atoms with E-state index >= 15 is 0 Å². The molecule has 0 fully saturated rings. The predicted molar refractivity (Wildman–Crippen MR) is 124 cm³/mol. The largest absolute Gasteiger partial charge is 0.272 e. The predicted octanol–water partition coefficient (Wildman–Crippen LogP) is 6.03. The van der Waals surface area contributed by atoms with Gasteiger partial charge in [0.2, 0.25) is 0 Å². The Bertz CT molecular complexity index is 1010. The molecule has 0 aliphatic rings. The highest BCUT2D eigenvalue weighted by atomic mass is 35.5. The second-order valence-electron chi connectivity index (χ2n) is 5.43. The molecule has 3 rings (SSSR count). The van der Waals surface area contributed by atoms with Gasteiger partial charge < -0.3 is 0 Å². The van der Waals surface area contributed by atoms with Crippen molar-refractivity contribution in [2.75, 3.05) is 5.75 Å². The van der Waals surface area contributed by atoms with Crippen LogP contribution >= 0.6 is 69.7 Å². The highest BCUT2D eigenvalue weighted by Crippen LogP contribution is 2.32. The Kier molecular flexibility index (Phi) is 8.65. The third-order valence-corrected chi connectivity index (χ3v) is 7.67. The number of benzene rings is 2. The number of nitrogens with zero attached hydrogens (tertiary/aromatic N) is 3. The van der Waals surface area contributed by atoms with Crippen molar-refractivity contribution in [3.63, 3.8) is 0 Å². The van der Waals surface area contributed by atoms with E-state index in [-0.39, 0.29) is 11.7 Å². The first-order chi connectivity index (χ1) is 14.0. The van der Waals surface area contributed by atoms with Gasteiger partial charge in [0.25, 0.3) is 5.91 Å². The molecule has 0 unspecified atom stereocenters. The van der Waals surface area contributed by atoms with Gasteiger partial charge in [-0.15, -0.1) is 10.2 Å². The minimum Gasteiger partial charge on any atom is -0.272 e. The number of thioether (sulfide) groups is 2. The van der Waals surface area contributed by atoms with Crippen molar-refractivity contribution < 1.29 is 4.79 Å². The number of hydrogen-bond donors (Lipinski definition) is 1.